The lowest BCUT2D eigenvalue weighted by atomic mass is 10.00. The average Bonchev–Trinajstić information content (AvgIpc) is 3.20. The highest BCUT2D eigenvalue weighted by Gasteiger charge is 2.23. The fourth-order valence-corrected chi connectivity index (χ4v) is 3.53. The second kappa shape index (κ2) is 6.18. The third kappa shape index (κ3) is 3.02. The van der Waals surface area contributed by atoms with E-state index in [0.29, 0.717) is 39.1 Å². The van der Waals surface area contributed by atoms with Crippen molar-refractivity contribution in [2.75, 3.05) is 18.8 Å². The molecule has 0 aliphatic carbocycles. The number of nitrogens with two attached hydrogens (primary N) is 1. The van der Waals surface area contributed by atoms with Gasteiger partial charge < -0.3 is 15.1 Å². The van der Waals surface area contributed by atoms with Crippen LogP contribution in [0.15, 0.2) is 33.5 Å². The van der Waals surface area contributed by atoms with E-state index in [1.165, 1.54) is 0 Å². The molecule has 25 heavy (non-hydrogen) atoms. The van der Waals surface area contributed by atoms with Crippen LogP contribution < -0.4 is 5.73 Å². The van der Waals surface area contributed by atoms with Gasteiger partial charge in [-0.25, -0.2) is 9.50 Å². The summed E-state index contributed by atoms with van der Waals surface area (Å²) in [5, 5.41) is 4.40. The molecule has 0 spiro atoms. The van der Waals surface area contributed by atoms with Gasteiger partial charge in [-0.3, -0.25) is 4.79 Å². The molecule has 1 atom stereocenters. The van der Waals surface area contributed by atoms with Gasteiger partial charge in [0.05, 0.1) is 11.3 Å². The molecule has 2 N–H and O–H groups in total. The Morgan fingerprint density at radius 1 is 1.44 bits per heavy atom. The zero-order valence-corrected chi connectivity index (χ0v) is 15.4. The molecule has 1 amide bonds. The molecule has 4 rings (SSSR count). The first-order valence-corrected chi connectivity index (χ1v) is 9.01. The van der Waals surface area contributed by atoms with E-state index in [9.17, 15) is 4.79 Å². The minimum absolute atomic E-state index is 0.0158. The summed E-state index contributed by atoms with van der Waals surface area (Å²) in [5.41, 5.74) is 7.56. The fraction of sp³-hybridized carbons (Fsp3) is 0.353. The van der Waals surface area contributed by atoms with Crippen molar-refractivity contribution in [1.82, 2.24) is 19.5 Å². The lowest BCUT2D eigenvalue weighted by Crippen LogP contribution is -2.39. The number of rotatable bonds is 2. The van der Waals surface area contributed by atoms with E-state index in [0.717, 1.165) is 25.9 Å². The fourth-order valence-electron chi connectivity index (χ4n) is 3.22. The third-order valence-corrected chi connectivity index (χ3v) is 4.87. The third-order valence-electron chi connectivity index (χ3n) is 4.45. The zero-order chi connectivity index (χ0) is 17.6. The van der Waals surface area contributed by atoms with Crippen molar-refractivity contribution in [3.63, 3.8) is 0 Å². The molecule has 4 heterocycles. The van der Waals surface area contributed by atoms with Gasteiger partial charge in [-0.05, 0) is 52.9 Å². The van der Waals surface area contributed by atoms with E-state index in [1.807, 2.05) is 4.90 Å². The monoisotopic (exact) mass is 403 g/mol. The molecule has 1 unspecified atom stereocenters. The van der Waals surface area contributed by atoms with Gasteiger partial charge in [-0.1, -0.05) is 6.92 Å². The summed E-state index contributed by atoms with van der Waals surface area (Å²) in [6.07, 6.45) is 3.88. The Balaban J connectivity index is 1.70. The number of piperidine rings is 1. The van der Waals surface area contributed by atoms with Gasteiger partial charge in [-0.15, -0.1) is 5.10 Å². The second-order valence-electron chi connectivity index (χ2n) is 6.49. The molecule has 1 aliphatic heterocycles. The highest BCUT2D eigenvalue weighted by atomic mass is 79.9. The molecule has 8 heteroatoms. The van der Waals surface area contributed by atoms with Gasteiger partial charge in [0.2, 0.25) is 5.82 Å². The molecular formula is C17H18BrN5O2. The normalized spacial score (nSPS) is 18.0. The Morgan fingerprint density at radius 3 is 3.00 bits per heavy atom. The molecule has 7 nitrogen and oxygen atoms in total. The van der Waals surface area contributed by atoms with Gasteiger partial charge >= 0.3 is 0 Å². The maximum Gasteiger partial charge on any atom is 0.255 e. The number of fused-ring (bicyclic) bond motifs is 1. The highest BCUT2D eigenvalue weighted by Crippen LogP contribution is 2.25. The quantitative estimate of drug-likeness (QED) is 0.709. The van der Waals surface area contributed by atoms with E-state index in [4.69, 9.17) is 10.2 Å². The van der Waals surface area contributed by atoms with Crippen LogP contribution in [0.3, 0.4) is 0 Å². The van der Waals surface area contributed by atoms with E-state index in [2.05, 4.69) is 32.9 Å². The summed E-state index contributed by atoms with van der Waals surface area (Å²) in [6, 6.07) is 5.22. The Morgan fingerprint density at radius 2 is 2.28 bits per heavy atom. The first-order chi connectivity index (χ1) is 12.0. The van der Waals surface area contributed by atoms with E-state index >= 15 is 0 Å². The minimum Gasteiger partial charge on any atom is -0.446 e. The molecule has 3 aromatic heterocycles. The van der Waals surface area contributed by atoms with Gasteiger partial charge in [0.25, 0.3) is 5.91 Å². The Bertz CT molecular complexity index is 948. The Kier molecular flexibility index (Phi) is 3.99. The number of hydrogen-bond acceptors (Lipinski definition) is 5. The molecule has 3 aromatic rings. The lowest BCUT2D eigenvalue weighted by molar-refractivity contribution is 0.0682. The molecule has 1 aliphatic rings. The van der Waals surface area contributed by atoms with Gasteiger partial charge in [-0.2, -0.15) is 0 Å². The minimum atomic E-state index is -0.0158. The van der Waals surface area contributed by atoms with Crippen LogP contribution in [0.4, 0.5) is 5.69 Å². The summed E-state index contributed by atoms with van der Waals surface area (Å²) in [5.74, 6) is 1.47. The number of nitrogens with zero attached hydrogens (tertiary/aromatic N) is 4. The number of pyridine rings is 1. The summed E-state index contributed by atoms with van der Waals surface area (Å²) < 4.78 is 7.63. The number of anilines is 1. The summed E-state index contributed by atoms with van der Waals surface area (Å²) in [6.45, 7) is 3.73. The smallest absolute Gasteiger partial charge is 0.255 e. The Hall–Kier alpha value is -2.35. The first kappa shape index (κ1) is 16.1. The summed E-state index contributed by atoms with van der Waals surface area (Å²) in [7, 11) is 0. The molecule has 130 valence electrons. The number of carbonyl (C=O) groups is 1. The van der Waals surface area contributed by atoms with Crippen molar-refractivity contribution in [2.24, 2.45) is 5.92 Å². The number of amides is 1. The van der Waals surface area contributed by atoms with Crippen LogP contribution in [0.5, 0.6) is 0 Å². The van der Waals surface area contributed by atoms with Crippen molar-refractivity contribution in [3.05, 3.63) is 34.6 Å². The van der Waals surface area contributed by atoms with E-state index < -0.39 is 0 Å². The largest absolute Gasteiger partial charge is 0.446 e. The van der Waals surface area contributed by atoms with Crippen molar-refractivity contribution < 1.29 is 9.21 Å². The van der Waals surface area contributed by atoms with E-state index in [-0.39, 0.29) is 5.91 Å². The van der Waals surface area contributed by atoms with Crippen LogP contribution in [0.1, 0.15) is 30.1 Å². The predicted molar refractivity (Wildman–Crippen MR) is 97.1 cm³/mol. The summed E-state index contributed by atoms with van der Waals surface area (Å²) >= 11 is 3.26. The maximum absolute atomic E-state index is 12.8. The van der Waals surface area contributed by atoms with Crippen LogP contribution in [0.2, 0.25) is 0 Å². The number of likely N-dealkylation sites (tertiary alicyclic amines) is 1. The van der Waals surface area contributed by atoms with Crippen molar-refractivity contribution in [1.29, 1.82) is 0 Å². The predicted octanol–water partition coefficient (Wildman–Crippen LogP) is 3.21. The SMILES string of the molecule is CC1CCCN(C(=O)c2cc(N)c3nc(-c4ccc(Br)o4)nn3c2)C1. The van der Waals surface area contributed by atoms with Crippen LogP contribution in [0, 0.1) is 5.92 Å². The van der Waals surface area contributed by atoms with Crippen LogP contribution in [-0.4, -0.2) is 38.5 Å². The van der Waals surface area contributed by atoms with E-state index in [1.54, 1.807) is 28.9 Å². The molecule has 0 radical (unpaired) electrons. The second-order valence-corrected chi connectivity index (χ2v) is 7.27. The molecule has 0 saturated carbocycles. The maximum atomic E-state index is 12.8. The van der Waals surface area contributed by atoms with Crippen LogP contribution >= 0.6 is 15.9 Å². The van der Waals surface area contributed by atoms with Gasteiger partial charge in [0, 0.05) is 19.3 Å². The molecule has 1 saturated heterocycles. The number of furan rings is 1. The number of hydrogen-bond donors (Lipinski definition) is 1. The number of aromatic nitrogens is 3. The van der Waals surface area contributed by atoms with Gasteiger partial charge in [0.15, 0.2) is 16.1 Å². The van der Waals surface area contributed by atoms with Crippen LogP contribution in [-0.2, 0) is 0 Å². The number of nitrogen functional groups attached to an aromatic ring is 1. The topological polar surface area (TPSA) is 89.7 Å². The molecule has 0 aromatic carbocycles. The molecule has 1 fully saturated rings. The average molecular weight is 404 g/mol. The summed E-state index contributed by atoms with van der Waals surface area (Å²) in [4.78, 5) is 19.1. The highest BCUT2D eigenvalue weighted by molar-refractivity contribution is 9.10. The van der Waals surface area contributed by atoms with Crippen molar-refractivity contribution in [3.8, 4) is 11.6 Å². The number of carbonyl (C=O) groups excluding carboxylic acids is 1. The Labute approximate surface area is 152 Å². The van der Waals surface area contributed by atoms with Crippen molar-refractivity contribution in [2.45, 2.75) is 19.8 Å². The van der Waals surface area contributed by atoms with Crippen molar-refractivity contribution >= 4 is 33.2 Å². The van der Waals surface area contributed by atoms with Gasteiger partial charge in [0.1, 0.15) is 0 Å². The lowest BCUT2D eigenvalue weighted by Gasteiger charge is -2.31. The molecule has 0 bridgehead atoms. The molecular weight excluding hydrogens is 386 g/mol. The van der Waals surface area contributed by atoms with Crippen LogP contribution in [0.25, 0.3) is 17.2 Å². The standard InChI is InChI=1S/C17H18BrN5O2/c1-10-3-2-6-22(8-10)17(24)11-7-12(19)16-20-15(21-23(16)9-11)13-4-5-14(18)25-13/h4-5,7,9-10H,2-3,6,8,19H2,1H3. The number of halogens is 1. The first-order valence-electron chi connectivity index (χ1n) is 8.22. The zero-order valence-electron chi connectivity index (χ0n) is 13.8.